The summed E-state index contributed by atoms with van der Waals surface area (Å²) in [6, 6.07) is 12.1. The maximum absolute atomic E-state index is 12.3. The van der Waals surface area contributed by atoms with Crippen LogP contribution in [0.5, 0.6) is 11.5 Å². The summed E-state index contributed by atoms with van der Waals surface area (Å²) in [5, 5.41) is 0. The van der Waals surface area contributed by atoms with E-state index >= 15 is 0 Å². The molecule has 0 bridgehead atoms. The Morgan fingerprint density at radius 1 is 1.17 bits per heavy atom. The summed E-state index contributed by atoms with van der Waals surface area (Å²) in [7, 11) is 2.89. The SMILES string of the molecule is COC(=O)c1cccc(C2CC(=O)c3ccc(OC)cc3O2)c1. The third kappa shape index (κ3) is 2.90. The number of carbonyl (C=O) groups is 2. The molecular weight excluding hydrogens is 296 g/mol. The molecule has 0 aliphatic carbocycles. The molecule has 5 heteroatoms. The molecule has 0 saturated heterocycles. The highest BCUT2D eigenvalue weighted by molar-refractivity contribution is 6.00. The van der Waals surface area contributed by atoms with Gasteiger partial charge in [0.25, 0.3) is 0 Å². The van der Waals surface area contributed by atoms with E-state index in [0.29, 0.717) is 22.6 Å². The fourth-order valence-electron chi connectivity index (χ4n) is 2.60. The van der Waals surface area contributed by atoms with E-state index in [-0.39, 0.29) is 12.2 Å². The normalized spacial score (nSPS) is 16.3. The summed E-state index contributed by atoms with van der Waals surface area (Å²) in [6.07, 6.45) is -0.212. The van der Waals surface area contributed by atoms with Crippen LogP contribution in [-0.2, 0) is 4.74 Å². The highest BCUT2D eigenvalue weighted by atomic mass is 16.5. The monoisotopic (exact) mass is 312 g/mol. The van der Waals surface area contributed by atoms with Crippen molar-refractivity contribution in [3.63, 3.8) is 0 Å². The van der Waals surface area contributed by atoms with Gasteiger partial charge in [-0.1, -0.05) is 12.1 Å². The average Bonchev–Trinajstić information content (AvgIpc) is 2.60. The number of fused-ring (bicyclic) bond motifs is 1. The molecule has 0 fully saturated rings. The third-order valence-corrected chi connectivity index (χ3v) is 3.81. The van der Waals surface area contributed by atoms with Gasteiger partial charge in [0.15, 0.2) is 5.78 Å². The van der Waals surface area contributed by atoms with E-state index in [4.69, 9.17) is 14.2 Å². The Balaban J connectivity index is 1.93. The largest absolute Gasteiger partial charge is 0.497 e. The summed E-state index contributed by atoms with van der Waals surface area (Å²) < 4.78 is 15.8. The predicted molar refractivity (Wildman–Crippen MR) is 83.1 cm³/mol. The molecule has 0 amide bonds. The first-order chi connectivity index (χ1) is 11.1. The minimum Gasteiger partial charge on any atom is -0.497 e. The molecular formula is C18H16O5. The lowest BCUT2D eigenvalue weighted by Gasteiger charge is -2.26. The van der Waals surface area contributed by atoms with Gasteiger partial charge in [0, 0.05) is 6.07 Å². The maximum atomic E-state index is 12.3. The minimum absolute atomic E-state index is 0.00220. The smallest absolute Gasteiger partial charge is 0.337 e. The molecule has 1 heterocycles. The number of ketones is 1. The fraction of sp³-hybridized carbons (Fsp3) is 0.222. The number of esters is 1. The van der Waals surface area contributed by atoms with Crippen molar-refractivity contribution in [2.24, 2.45) is 0 Å². The van der Waals surface area contributed by atoms with Crippen molar-refractivity contribution < 1.29 is 23.8 Å². The number of Topliss-reactive ketones (excluding diaryl/α,β-unsaturated/α-hetero) is 1. The van der Waals surface area contributed by atoms with Gasteiger partial charge in [-0.05, 0) is 29.8 Å². The van der Waals surface area contributed by atoms with Gasteiger partial charge in [0.05, 0.1) is 31.8 Å². The van der Waals surface area contributed by atoms with Crippen molar-refractivity contribution in [3.8, 4) is 11.5 Å². The first-order valence-corrected chi connectivity index (χ1v) is 7.18. The van der Waals surface area contributed by atoms with E-state index in [2.05, 4.69) is 0 Å². The zero-order chi connectivity index (χ0) is 16.4. The highest BCUT2D eigenvalue weighted by Gasteiger charge is 2.28. The summed E-state index contributed by atoms with van der Waals surface area (Å²) in [6.45, 7) is 0. The van der Waals surface area contributed by atoms with Gasteiger partial charge < -0.3 is 14.2 Å². The van der Waals surface area contributed by atoms with E-state index in [1.165, 1.54) is 7.11 Å². The molecule has 1 aliphatic rings. The molecule has 118 valence electrons. The third-order valence-electron chi connectivity index (χ3n) is 3.81. The molecule has 2 aromatic carbocycles. The van der Waals surface area contributed by atoms with Crippen LogP contribution in [0.4, 0.5) is 0 Å². The Hall–Kier alpha value is -2.82. The topological polar surface area (TPSA) is 61.8 Å². The van der Waals surface area contributed by atoms with Gasteiger partial charge in [0.1, 0.15) is 17.6 Å². The van der Waals surface area contributed by atoms with Gasteiger partial charge in [-0.2, -0.15) is 0 Å². The molecule has 0 N–H and O–H groups in total. The van der Waals surface area contributed by atoms with Crippen LogP contribution in [-0.4, -0.2) is 26.0 Å². The Bertz CT molecular complexity index is 766. The number of benzene rings is 2. The van der Waals surface area contributed by atoms with E-state index in [1.807, 2.05) is 6.07 Å². The molecule has 1 atom stereocenters. The van der Waals surface area contributed by atoms with E-state index < -0.39 is 12.1 Å². The molecule has 0 spiro atoms. The minimum atomic E-state index is -0.438. The molecule has 0 radical (unpaired) electrons. The Morgan fingerprint density at radius 3 is 2.74 bits per heavy atom. The first-order valence-electron chi connectivity index (χ1n) is 7.18. The van der Waals surface area contributed by atoms with Gasteiger partial charge in [-0.15, -0.1) is 0 Å². The van der Waals surface area contributed by atoms with Crippen LogP contribution in [0.25, 0.3) is 0 Å². The van der Waals surface area contributed by atoms with E-state index in [9.17, 15) is 9.59 Å². The van der Waals surface area contributed by atoms with Crippen molar-refractivity contribution in [1.29, 1.82) is 0 Å². The Labute approximate surface area is 133 Å². The lowest BCUT2D eigenvalue weighted by molar-refractivity contribution is 0.0600. The first kappa shape index (κ1) is 15.1. The molecule has 0 aromatic heterocycles. The van der Waals surface area contributed by atoms with Crippen molar-refractivity contribution in [3.05, 3.63) is 59.2 Å². The van der Waals surface area contributed by atoms with Crippen molar-refractivity contribution >= 4 is 11.8 Å². The van der Waals surface area contributed by atoms with Gasteiger partial charge >= 0.3 is 5.97 Å². The molecule has 1 aliphatic heterocycles. The molecule has 3 rings (SSSR count). The standard InChI is InChI=1S/C18H16O5/c1-21-13-6-7-14-15(19)10-16(23-17(14)9-13)11-4-3-5-12(8-11)18(20)22-2/h3-9,16H,10H2,1-2H3. The maximum Gasteiger partial charge on any atom is 0.337 e. The number of ether oxygens (including phenoxy) is 3. The lowest BCUT2D eigenvalue weighted by Crippen LogP contribution is -2.20. The Morgan fingerprint density at radius 2 is 2.00 bits per heavy atom. The van der Waals surface area contributed by atoms with Crippen molar-refractivity contribution in [2.45, 2.75) is 12.5 Å². The molecule has 23 heavy (non-hydrogen) atoms. The predicted octanol–water partition coefficient (Wildman–Crippen LogP) is 3.19. The summed E-state index contributed by atoms with van der Waals surface area (Å²) in [4.78, 5) is 24.0. The molecule has 0 saturated carbocycles. The lowest BCUT2D eigenvalue weighted by atomic mass is 9.95. The number of carbonyl (C=O) groups excluding carboxylic acids is 2. The number of hydrogen-bond acceptors (Lipinski definition) is 5. The fourth-order valence-corrected chi connectivity index (χ4v) is 2.60. The zero-order valence-corrected chi connectivity index (χ0v) is 12.9. The van der Waals surface area contributed by atoms with Crippen LogP contribution in [0.3, 0.4) is 0 Å². The molecule has 2 aromatic rings. The van der Waals surface area contributed by atoms with Crippen molar-refractivity contribution in [1.82, 2.24) is 0 Å². The van der Waals surface area contributed by atoms with Crippen LogP contribution in [0.1, 0.15) is 38.8 Å². The van der Waals surface area contributed by atoms with Crippen LogP contribution in [0, 0.1) is 0 Å². The van der Waals surface area contributed by atoms with Gasteiger partial charge in [-0.25, -0.2) is 4.79 Å². The van der Waals surface area contributed by atoms with Gasteiger partial charge in [0.2, 0.25) is 0 Å². The van der Waals surface area contributed by atoms with Crippen LogP contribution in [0.2, 0.25) is 0 Å². The van der Waals surface area contributed by atoms with Crippen molar-refractivity contribution in [2.75, 3.05) is 14.2 Å². The second-order valence-corrected chi connectivity index (χ2v) is 5.21. The number of methoxy groups -OCH3 is 2. The average molecular weight is 312 g/mol. The summed E-state index contributed by atoms with van der Waals surface area (Å²) >= 11 is 0. The zero-order valence-electron chi connectivity index (χ0n) is 12.9. The van der Waals surface area contributed by atoms with Gasteiger partial charge in [-0.3, -0.25) is 4.79 Å². The summed E-state index contributed by atoms with van der Waals surface area (Å²) in [5.74, 6) is 0.702. The molecule has 1 unspecified atom stereocenters. The summed E-state index contributed by atoms with van der Waals surface area (Å²) in [5.41, 5.74) is 1.73. The van der Waals surface area contributed by atoms with Crippen LogP contribution >= 0.6 is 0 Å². The molecule has 5 nitrogen and oxygen atoms in total. The Kier molecular flexibility index (Phi) is 4.02. The quantitative estimate of drug-likeness (QED) is 0.815. The second kappa shape index (κ2) is 6.12. The number of hydrogen-bond donors (Lipinski definition) is 0. The van der Waals surface area contributed by atoms with E-state index in [0.717, 1.165) is 5.56 Å². The highest BCUT2D eigenvalue weighted by Crippen LogP contribution is 2.37. The van der Waals surface area contributed by atoms with E-state index in [1.54, 1.807) is 43.5 Å². The van der Waals surface area contributed by atoms with Crippen LogP contribution in [0.15, 0.2) is 42.5 Å². The number of rotatable bonds is 3. The van der Waals surface area contributed by atoms with Crippen LogP contribution < -0.4 is 9.47 Å². The second-order valence-electron chi connectivity index (χ2n) is 5.21.